The van der Waals surface area contributed by atoms with Crippen LogP contribution in [0.15, 0.2) is 41.8 Å². The van der Waals surface area contributed by atoms with Crippen LogP contribution in [0.3, 0.4) is 0 Å². The molecule has 1 atom stereocenters. The van der Waals surface area contributed by atoms with Crippen LogP contribution >= 0.6 is 11.3 Å². The van der Waals surface area contributed by atoms with Gasteiger partial charge in [0, 0.05) is 10.9 Å². The molecule has 9 nitrogen and oxygen atoms in total. The zero-order chi connectivity index (χ0) is 23.3. The van der Waals surface area contributed by atoms with Crippen LogP contribution < -0.4 is 19.7 Å². The lowest BCUT2D eigenvalue weighted by Gasteiger charge is -2.40. The predicted octanol–water partition coefficient (Wildman–Crippen LogP) is 3.22. The van der Waals surface area contributed by atoms with E-state index in [0.717, 1.165) is 5.69 Å². The third-order valence-electron chi connectivity index (χ3n) is 5.66. The molecule has 2 aliphatic heterocycles. The maximum Gasteiger partial charge on any atom is 0.264 e. The largest absolute Gasteiger partial charge is 0.493 e. The number of thiazole rings is 1. The van der Waals surface area contributed by atoms with Crippen molar-refractivity contribution in [2.24, 2.45) is 0 Å². The molecule has 0 saturated heterocycles. The van der Waals surface area contributed by atoms with E-state index in [-0.39, 0.29) is 18.4 Å². The smallest absolute Gasteiger partial charge is 0.264 e. The van der Waals surface area contributed by atoms with Crippen molar-refractivity contribution in [2.45, 2.75) is 13.1 Å². The van der Waals surface area contributed by atoms with E-state index in [0.29, 0.717) is 39.0 Å². The van der Waals surface area contributed by atoms with Gasteiger partial charge in [-0.3, -0.25) is 19.3 Å². The van der Waals surface area contributed by atoms with Gasteiger partial charge in [0.25, 0.3) is 11.8 Å². The summed E-state index contributed by atoms with van der Waals surface area (Å²) in [5.74, 6) is -0.368. The summed E-state index contributed by atoms with van der Waals surface area (Å²) >= 11 is 1.31. The number of aryl methyl sites for hydroxylation is 1. The first kappa shape index (κ1) is 21.0. The molecule has 3 aromatic rings. The summed E-state index contributed by atoms with van der Waals surface area (Å²) in [4.78, 5) is 47.1. The van der Waals surface area contributed by atoms with E-state index in [1.165, 1.54) is 35.4 Å². The number of methoxy groups -OCH3 is 2. The molecule has 5 rings (SSSR count). The molecule has 3 amide bonds. The van der Waals surface area contributed by atoms with Crippen LogP contribution in [0, 0.1) is 6.92 Å². The lowest BCUT2D eigenvalue weighted by Crippen LogP contribution is -2.50. The second-order valence-corrected chi connectivity index (χ2v) is 8.46. The Kier molecular flexibility index (Phi) is 5.01. The number of carbonyl (C=O) groups excluding carboxylic acids is 3. The van der Waals surface area contributed by atoms with E-state index in [1.54, 1.807) is 36.4 Å². The summed E-state index contributed by atoms with van der Waals surface area (Å²) in [6.07, 6.45) is -0.793. The lowest BCUT2D eigenvalue weighted by molar-refractivity contribution is -0.117. The van der Waals surface area contributed by atoms with Gasteiger partial charge in [-0.15, -0.1) is 11.3 Å². The first-order valence-corrected chi connectivity index (χ1v) is 11.0. The fourth-order valence-electron chi connectivity index (χ4n) is 4.31. The molecule has 0 aliphatic carbocycles. The van der Waals surface area contributed by atoms with Crippen molar-refractivity contribution in [3.8, 4) is 11.5 Å². The summed E-state index contributed by atoms with van der Waals surface area (Å²) in [5.41, 5.74) is 2.51. The number of rotatable bonds is 5. The van der Waals surface area contributed by atoms with E-state index in [2.05, 4.69) is 10.3 Å². The molecule has 168 valence electrons. The zero-order valence-corrected chi connectivity index (χ0v) is 18.9. The fourth-order valence-corrected chi connectivity index (χ4v) is 5.01. The molecule has 0 unspecified atom stereocenters. The van der Waals surface area contributed by atoms with Gasteiger partial charge in [-0.25, -0.2) is 4.98 Å². The van der Waals surface area contributed by atoms with Gasteiger partial charge in [-0.2, -0.15) is 0 Å². The molecule has 10 heteroatoms. The van der Waals surface area contributed by atoms with Crippen LogP contribution in [0.25, 0.3) is 0 Å². The van der Waals surface area contributed by atoms with Gasteiger partial charge in [-0.1, -0.05) is 18.2 Å². The number of ether oxygens (including phenoxy) is 2. The minimum absolute atomic E-state index is 0.256. The molecule has 0 bridgehead atoms. The summed E-state index contributed by atoms with van der Waals surface area (Å²) in [7, 11) is 2.95. The van der Waals surface area contributed by atoms with Crippen LogP contribution in [0.1, 0.15) is 38.1 Å². The average molecular weight is 465 g/mol. The molecular weight excluding hydrogens is 444 g/mol. The Morgan fingerprint density at radius 3 is 2.61 bits per heavy atom. The molecule has 0 fully saturated rings. The minimum atomic E-state index is -0.793. The standard InChI is InChI=1S/C23H20N4O5S/c1-12-11-33-23(24-12)25-17(28)10-26-20-14-8-9-16(31-2)19(32-3)18(14)22(30)27(20)15-7-5-4-6-13(15)21(26)29/h4-9,11,20H,10H2,1-3H3,(H,24,25,28)/t20-/m0/s1. The van der Waals surface area contributed by atoms with E-state index in [4.69, 9.17) is 9.47 Å². The third kappa shape index (κ3) is 3.21. The van der Waals surface area contributed by atoms with E-state index < -0.39 is 12.1 Å². The van der Waals surface area contributed by atoms with Gasteiger partial charge in [0.15, 0.2) is 16.6 Å². The molecule has 33 heavy (non-hydrogen) atoms. The lowest BCUT2D eigenvalue weighted by atomic mass is 10.0. The second-order valence-electron chi connectivity index (χ2n) is 7.61. The Labute approximate surface area is 193 Å². The first-order chi connectivity index (χ1) is 15.9. The van der Waals surface area contributed by atoms with Crippen LogP contribution in [0.4, 0.5) is 10.8 Å². The van der Waals surface area contributed by atoms with Crippen molar-refractivity contribution < 1.29 is 23.9 Å². The van der Waals surface area contributed by atoms with Gasteiger partial charge in [-0.05, 0) is 25.1 Å². The van der Waals surface area contributed by atoms with Crippen molar-refractivity contribution >= 4 is 39.9 Å². The van der Waals surface area contributed by atoms with Gasteiger partial charge in [0.05, 0.1) is 36.7 Å². The Hall–Kier alpha value is -3.92. The first-order valence-electron chi connectivity index (χ1n) is 10.1. The van der Waals surface area contributed by atoms with Crippen molar-refractivity contribution in [3.05, 3.63) is 64.2 Å². The maximum atomic E-state index is 13.6. The topological polar surface area (TPSA) is 101 Å². The number of fused-ring (bicyclic) bond motifs is 5. The molecule has 1 N–H and O–H groups in total. The van der Waals surface area contributed by atoms with Crippen LogP contribution in [-0.2, 0) is 4.79 Å². The van der Waals surface area contributed by atoms with Crippen LogP contribution in [0.2, 0.25) is 0 Å². The summed E-state index contributed by atoms with van der Waals surface area (Å²) in [6.45, 7) is 1.58. The molecule has 2 aliphatic rings. The van der Waals surface area contributed by atoms with E-state index >= 15 is 0 Å². The zero-order valence-electron chi connectivity index (χ0n) is 18.1. The second kappa shape index (κ2) is 7.89. The number of para-hydroxylation sites is 1. The van der Waals surface area contributed by atoms with E-state index in [9.17, 15) is 14.4 Å². The Balaban J connectivity index is 1.60. The number of carbonyl (C=O) groups is 3. The highest BCUT2D eigenvalue weighted by atomic mass is 32.1. The summed E-state index contributed by atoms with van der Waals surface area (Å²) < 4.78 is 10.9. The van der Waals surface area contributed by atoms with Gasteiger partial charge < -0.3 is 19.7 Å². The van der Waals surface area contributed by atoms with Crippen molar-refractivity contribution in [3.63, 3.8) is 0 Å². The number of anilines is 2. The molecular formula is C23H20N4O5S. The Morgan fingerprint density at radius 2 is 1.91 bits per heavy atom. The number of hydrogen-bond donors (Lipinski definition) is 1. The number of hydrogen-bond acceptors (Lipinski definition) is 7. The fraction of sp³-hybridized carbons (Fsp3) is 0.217. The molecule has 0 radical (unpaired) electrons. The molecule has 0 saturated carbocycles. The van der Waals surface area contributed by atoms with Crippen LogP contribution in [0.5, 0.6) is 11.5 Å². The average Bonchev–Trinajstić information content (AvgIpc) is 3.36. The molecule has 2 aromatic carbocycles. The minimum Gasteiger partial charge on any atom is -0.493 e. The highest BCUT2D eigenvalue weighted by Crippen LogP contribution is 2.49. The SMILES string of the molecule is COc1ccc2c(c1OC)C(=O)N1c3ccccc3C(=O)N(CC(=O)Nc3nc(C)cs3)[C@H]21. The van der Waals surface area contributed by atoms with Crippen molar-refractivity contribution in [1.29, 1.82) is 0 Å². The van der Waals surface area contributed by atoms with Gasteiger partial charge >= 0.3 is 0 Å². The number of aromatic nitrogens is 1. The Morgan fingerprint density at radius 1 is 1.12 bits per heavy atom. The monoisotopic (exact) mass is 464 g/mol. The molecule has 0 spiro atoms. The van der Waals surface area contributed by atoms with Gasteiger partial charge in [0.2, 0.25) is 5.91 Å². The quantitative estimate of drug-likeness (QED) is 0.622. The highest BCUT2D eigenvalue weighted by molar-refractivity contribution is 7.13. The molecule has 3 heterocycles. The number of benzene rings is 2. The third-order valence-corrected chi connectivity index (χ3v) is 6.54. The van der Waals surface area contributed by atoms with E-state index in [1.807, 2.05) is 12.3 Å². The van der Waals surface area contributed by atoms with Crippen molar-refractivity contribution in [2.75, 3.05) is 31.0 Å². The van der Waals surface area contributed by atoms with Crippen molar-refractivity contribution in [1.82, 2.24) is 9.88 Å². The summed E-state index contributed by atoms with van der Waals surface area (Å²) in [6, 6.07) is 10.3. The highest BCUT2D eigenvalue weighted by Gasteiger charge is 2.50. The summed E-state index contributed by atoms with van der Waals surface area (Å²) in [5, 5.41) is 5.01. The Bertz CT molecular complexity index is 1300. The normalized spacial score (nSPS) is 16.3. The predicted molar refractivity (Wildman–Crippen MR) is 122 cm³/mol. The molecule has 1 aromatic heterocycles. The number of nitrogens with one attached hydrogen (secondary N) is 1. The maximum absolute atomic E-state index is 13.6. The van der Waals surface area contributed by atoms with Gasteiger partial charge in [0.1, 0.15) is 12.7 Å². The number of nitrogens with zero attached hydrogens (tertiary/aromatic N) is 3. The van der Waals surface area contributed by atoms with Crippen LogP contribution in [-0.4, -0.2) is 48.4 Å². The number of amides is 3.